The number of aryl methyl sites for hydroxylation is 3. The van der Waals surface area contributed by atoms with Gasteiger partial charge in [-0.3, -0.25) is 9.59 Å². The van der Waals surface area contributed by atoms with Crippen LogP contribution in [-0.4, -0.2) is 34.5 Å². The first-order valence-electron chi connectivity index (χ1n) is 7.54. The number of likely N-dealkylation sites (tertiary alicyclic amines) is 1. The molecule has 1 aromatic heterocycles. The Labute approximate surface area is 129 Å². The molecule has 0 aliphatic carbocycles. The van der Waals surface area contributed by atoms with Crippen LogP contribution in [0.4, 0.5) is 0 Å². The van der Waals surface area contributed by atoms with E-state index in [0.717, 1.165) is 25.7 Å². The molecule has 1 aromatic rings. The van der Waals surface area contributed by atoms with E-state index in [2.05, 4.69) is 19.9 Å². The Morgan fingerprint density at radius 1 is 1.43 bits per heavy atom. The molecule has 0 aromatic carbocycles. The summed E-state index contributed by atoms with van der Waals surface area (Å²) in [5, 5.41) is 8.89. The van der Waals surface area contributed by atoms with Crippen LogP contribution in [0.3, 0.4) is 0 Å². The minimum absolute atomic E-state index is 0.0779. The zero-order valence-corrected chi connectivity index (χ0v) is 13.5. The van der Waals surface area contributed by atoms with Crippen LogP contribution in [0.1, 0.15) is 47.4 Å². The Morgan fingerprint density at radius 3 is 2.81 bits per heavy atom. The largest absolute Gasteiger partial charge is 0.481 e. The first kappa shape index (κ1) is 16.0. The molecular weight excluding hydrogens is 286 g/mol. The Hall–Kier alpha value is -1.36. The zero-order chi connectivity index (χ0) is 15.4. The highest BCUT2D eigenvalue weighted by Crippen LogP contribution is 2.24. The SMILES string of the molecule is Cc1cc(CCCC(=O)N2CCCC2CC(=O)O)c(C)s1. The lowest BCUT2D eigenvalue weighted by molar-refractivity contribution is -0.139. The number of carbonyl (C=O) groups is 2. The maximum atomic E-state index is 12.3. The van der Waals surface area contributed by atoms with Crippen LogP contribution in [0.25, 0.3) is 0 Å². The first-order chi connectivity index (χ1) is 9.97. The fraction of sp³-hybridized carbons (Fsp3) is 0.625. The minimum Gasteiger partial charge on any atom is -0.481 e. The van der Waals surface area contributed by atoms with Gasteiger partial charge in [-0.25, -0.2) is 0 Å². The van der Waals surface area contributed by atoms with Crippen molar-refractivity contribution in [3.63, 3.8) is 0 Å². The number of carboxylic acids is 1. The van der Waals surface area contributed by atoms with Crippen molar-refractivity contribution >= 4 is 23.2 Å². The molecule has 1 atom stereocenters. The fourth-order valence-electron chi connectivity index (χ4n) is 3.08. The van der Waals surface area contributed by atoms with Gasteiger partial charge in [0.25, 0.3) is 0 Å². The van der Waals surface area contributed by atoms with Crippen molar-refractivity contribution in [2.75, 3.05) is 6.54 Å². The molecule has 0 bridgehead atoms. The van der Waals surface area contributed by atoms with Crippen molar-refractivity contribution in [1.29, 1.82) is 0 Å². The maximum absolute atomic E-state index is 12.3. The van der Waals surface area contributed by atoms with Gasteiger partial charge in [-0.2, -0.15) is 0 Å². The van der Waals surface area contributed by atoms with Crippen LogP contribution in [0, 0.1) is 13.8 Å². The molecule has 2 heterocycles. The van der Waals surface area contributed by atoms with Crippen molar-refractivity contribution < 1.29 is 14.7 Å². The Balaban J connectivity index is 1.81. The fourth-order valence-corrected chi connectivity index (χ4v) is 4.06. The molecule has 0 radical (unpaired) electrons. The number of amides is 1. The van der Waals surface area contributed by atoms with Gasteiger partial charge < -0.3 is 10.0 Å². The van der Waals surface area contributed by atoms with Gasteiger partial charge in [0.15, 0.2) is 0 Å². The number of carboxylic acid groups (broad SMARTS) is 1. The van der Waals surface area contributed by atoms with Crippen LogP contribution < -0.4 is 0 Å². The second-order valence-corrected chi connectivity index (χ2v) is 7.23. The Morgan fingerprint density at radius 2 is 2.19 bits per heavy atom. The quantitative estimate of drug-likeness (QED) is 0.878. The van der Waals surface area contributed by atoms with Crippen LogP contribution in [0.2, 0.25) is 0 Å². The predicted octanol–water partition coefficient (Wildman–Crippen LogP) is 3.15. The second kappa shape index (κ2) is 7.07. The molecule has 116 valence electrons. The summed E-state index contributed by atoms with van der Waals surface area (Å²) in [7, 11) is 0. The molecule has 0 saturated carbocycles. The number of thiophene rings is 1. The highest BCUT2D eigenvalue weighted by Gasteiger charge is 2.29. The van der Waals surface area contributed by atoms with Crippen molar-refractivity contribution in [2.45, 2.75) is 58.4 Å². The highest BCUT2D eigenvalue weighted by molar-refractivity contribution is 7.12. The Kier molecular flexibility index (Phi) is 5.39. The van der Waals surface area contributed by atoms with E-state index >= 15 is 0 Å². The maximum Gasteiger partial charge on any atom is 0.305 e. The third kappa shape index (κ3) is 4.30. The van der Waals surface area contributed by atoms with Crippen molar-refractivity contribution in [3.8, 4) is 0 Å². The van der Waals surface area contributed by atoms with Gasteiger partial charge in [0, 0.05) is 28.8 Å². The summed E-state index contributed by atoms with van der Waals surface area (Å²) in [6.07, 6.45) is 4.11. The highest BCUT2D eigenvalue weighted by atomic mass is 32.1. The smallest absolute Gasteiger partial charge is 0.305 e. The molecule has 1 N–H and O–H groups in total. The number of hydrogen-bond donors (Lipinski definition) is 1. The van der Waals surface area contributed by atoms with Gasteiger partial charge in [-0.05, 0) is 51.2 Å². The topological polar surface area (TPSA) is 57.6 Å². The number of rotatable bonds is 6. The van der Waals surface area contributed by atoms with Crippen LogP contribution in [0.15, 0.2) is 6.07 Å². The average molecular weight is 309 g/mol. The van der Waals surface area contributed by atoms with Gasteiger partial charge >= 0.3 is 5.97 Å². The van der Waals surface area contributed by atoms with E-state index in [1.165, 1.54) is 15.3 Å². The summed E-state index contributed by atoms with van der Waals surface area (Å²) >= 11 is 1.80. The number of aliphatic carboxylic acids is 1. The van der Waals surface area contributed by atoms with E-state index in [1.54, 1.807) is 16.2 Å². The first-order valence-corrected chi connectivity index (χ1v) is 8.36. The number of carbonyl (C=O) groups excluding carboxylic acids is 1. The van der Waals surface area contributed by atoms with E-state index in [-0.39, 0.29) is 18.4 Å². The summed E-state index contributed by atoms with van der Waals surface area (Å²) < 4.78 is 0. The van der Waals surface area contributed by atoms with Gasteiger partial charge in [-0.1, -0.05) is 0 Å². The summed E-state index contributed by atoms with van der Waals surface area (Å²) in [6.45, 7) is 4.94. The number of nitrogens with zero attached hydrogens (tertiary/aromatic N) is 1. The summed E-state index contributed by atoms with van der Waals surface area (Å²) in [5.41, 5.74) is 1.34. The number of hydrogen-bond acceptors (Lipinski definition) is 3. The third-order valence-corrected chi connectivity index (χ3v) is 5.10. The minimum atomic E-state index is -0.816. The molecule has 1 saturated heterocycles. The second-order valence-electron chi connectivity index (χ2n) is 5.77. The molecule has 0 spiro atoms. The van der Waals surface area contributed by atoms with E-state index in [4.69, 9.17) is 5.11 Å². The monoisotopic (exact) mass is 309 g/mol. The average Bonchev–Trinajstić information content (AvgIpc) is 2.96. The van der Waals surface area contributed by atoms with E-state index in [0.29, 0.717) is 13.0 Å². The molecule has 1 amide bonds. The molecule has 1 unspecified atom stereocenters. The Bertz CT molecular complexity index is 524. The lowest BCUT2D eigenvalue weighted by Gasteiger charge is -2.23. The van der Waals surface area contributed by atoms with E-state index in [9.17, 15) is 9.59 Å². The third-order valence-electron chi connectivity index (χ3n) is 4.09. The zero-order valence-electron chi connectivity index (χ0n) is 12.7. The van der Waals surface area contributed by atoms with Gasteiger partial charge in [0.1, 0.15) is 0 Å². The molecule has 1 aliphatic rings. The van der Waals surface area contributed by atoms with Gasteiger partial charge in [0.05, 0.1) is 6.42 Å². The predicted molar refractivity (Wildman–Crippen MR) is 83.7 cm³/mol. The molecule has 5 heteroatoms. The summed E-state index contributed by atoms with van der Waals surface area (Å²) in [6, 6.07) is 2.10. The molecule has 1 fully saturated rings. The molecule has 21 heavy (non-hydrogen) atoms. The normalized spacial score (nSPS) is 18.2. The van der Waals surface area contributed by atoms with Gasteiger partial charge in [-0.15, -0.1) is 11.3 Å². The van der Waals surface area contributed by atoms with E-state index in [1.807, 2.05) is 0 Å². The van der Waals surface area contributed by atoms with Crippen molar-refractivity contribution in [2.24, 2.45) is 0 Å². The summed E-state index contributed by atoms with van der Waals surface area (Å²) in [4.78, 5) is 27.5. The lowest BCUT2D eigenvalue weighted by atomic mass is 10.1. The standard InChI is InChI=1S/C16H23NO3S/c1-11-9-13(12(2)21-11)5-3-7-15(18)17-8-4-6-14(17)10-16(19)20/h9,14H,3-8,10H2,1-2H3,(H,19,20). The van der Waals surface area contributed by atoms with Crippen molar-refractivity contribution in [3.05, 3.63) is 21.4 Å². The van der Waals surface area contributed by atoms with Crippen LogP contribution in [0.5, 0.6) is 0 Å². The molecule has 1 aliphatic heterocycles. The summed E-state index contributed by atoms with van der Waals surface area (Å²) in [5.74, 6) is -0.701. The molecule has 4 nitrogen and oxygen atoms in total. The van der Waals surface area contributed by atoms with Crippen molar-refractivity contribution in [1.82, 2.24) is 4.90 Å². The molecular formula is C16H23NO3S. The molecule has 2 rings (SSSR count). The lowest BCUT2D eigenvalue weighted by Crippen LogP contribution is -2.36. The van der Waals surface area contributed by atoms with E-state index < -0.39 is 5.97 Å². The van der Waals surface area contributed by atoms with Crippen LogP contribution in [-0.2, 0) is 16.0 Å². The van der Waals surface area contributed by atoms with Gasteiger partial charge in [0.2, 0.25) is 5.91 Å². The van der Waals surface area contributed by atoms with Crippen LogP contribution >= 0.6 is 11.3 Å².